The molecule has 0 fully saturated rings. The van der Waals surface area contributed by atoms with E-state index in [1.54, 1.807) is 0 Å². The number of thioether (sulfide) groups is 1. The molecule has 0 radical (unpaired) electrons. The molecule has 2 nitrogen and oxygen atoms in total. The lowest BCUT2D eigenvalue weighted by molar-refractivity contribution is 0.899. The molecule has 3 rings (SSSR count). The number of benzene rings is 1. The van der Waals surface area contributed by atoms with Crippen molar-refractivity contribution >= 4 is 24.0 Å². The normalized spacial score (nSPS) is 13.5. The van der Waals surface area contributed by atoms with Crippen molar-refractivity contribution in [2.24, 2.45) is 0 Å². The van der Waals surface area contributed by atoms with Gasteiger partial charge in [0, 0.05) is 21.7 Å². The molecule has 1 N–H and O–H groups in total. The van der Waals surface area contributed by atoms with E-state index in [0.29, 0.717) is 0 Å². The Kier molecular flexibility index (Phi) is 3.71. The highest BCUT2D eigenvalue weighted by Gasteiger charge is 2.15. The highest BCUT2D eigenvalue weighted by Crippen LogP contribution is 2.25. The molecule has 0 unspecified atom stereocenters. The van der Waals surface area contributed by atoms with Crippen LogP contribution in [0.3, 0.4) is 0 Å². The van der Waals surface area contributed by atoms with Crippen LogP contribution in [0.1, 0.15) is 24.6 Å². The van der Waals surface area contributed by atoms with Crippen LogP contribution in [-0.2, 0) is 12.8 Å². The van der Waals surface area contributed by atoms with Gasteiger partial charge < -0.3 is 4.98 Å². The van der Waals surface area contributed by atoms with Crippen LogP contribution in [0.4, 0.5) is 0 Å². The fourth-order valence-electron chi connectivity index (χ4n) is 2.47. The van der Waals surface area contributed by atoms with E-state index in [9.17, 15) is 0 Å². The summed E-state index contributed by atoms with van der Waals surface area (Å²) < 4.78 is 0.772. The molecule has 0 spiro atoms. The van der Waals surface area contributed by atoms with Gasteiger partial charge in [-0.25, -0.2) is 4.98 Å². The molecule has 4 heteroatoms. The molecule has 0 atom stereocenters. The number of hydrogen-bond acceptors (Lipinski definition) is 3. The van der Waals surface area contributed by atoms with Crippen LogP contribution >= 0.6 is 24.0 Å². The number of hydrogen-bond donors (Lipinski definition) is 1. The molecule has 0 amide bonds. The van der Waals surface area contributed by atoms with Crippen molar-refractivity contribution in [1.29, 1.82) is 0 Å². The number of nitrogens with one attached hydrogen (secondary N) is 1. The van der Waals surface area contributed by atoms with Crippen molar-refractivity contribution in [2.45, 2.75) is 31.1 Å². The zero-order chi connectivity index (χ0) is 13.2. The summed E-state index contributed by atoms with van der Waals surface area (Å²) in [6.07, 6.45) is 3.36. The van der Waals surface area contributed by atoms with Gasteiger partial charge in [0.05, 0.1) is 0 Å². The Hall–Kier alpha value is -1.13. The zero-order valence-electron chi connectivity index (χ0n) is 10.9. The van der Waals surface area contributed by atoms with E-state index in [1.165, 1.54) is 22.6 Å². The molecule has 1 aromatic carbocycles. The largest absolute Gasteiger partial charge is 0.343 e. The lowest BCUT2D eigenvalue weighted by Crippen LogP contribution is -1.97. The zero-order valence-corrected chi connectivity index (χ0v) is 12.5. The maximum atomic E-state index is 5.40. The average Bonchev–Trinajstić information content (AvgIpc) is 2.89. The van der Waals surface area contributed by atoms with Crippen LogP contribution in [0.5, 0.6) is 0 Å². The lowest BCUT2D eigenvalue weighted by Gasteiger charge is -2.06. The van der Waals surface area contributed by atoms with Crippen LogP contribution in [0.25, 0.3) is 11.4 Å². The summed E-state index contributed by atoms with van der Waals surface area (Å²) in [7, 11) is 0. The van der Waals surface area contributed by atoms with E-state index in [0.717, 1.165) is 34.6 Å². The van der Waals surface area contributed by atoms with Crippen molar-refractivity contribution < 1.29 is 0 Å². The van der Waals surface area contributed by atoms with Crippen molar-refractivity contribution in [1.82, 2.24) is 9.97 Å². The molecule has 0 aliphatic heterocycles. The van der Waals surface area contributed by atoms with Crippen molar-refractivity contribution in [3.05, 3.63) is 40.2 Å². The number of aromatic amines is 1. The highest BCUT2D eigenvalue weighted by atomic mass is 32.2. The summed E-state index contributed by atoms with van der Waals surface area (Å²) in [6.45, 7) is 2.16. The third-order valence-corrected chi connectivity index (χ3v) is 4.63. The second kappa shape index (κ2) is 5.47. The third kappa shape index (κ3) is 2.60. The van der Waals surface area contributed by atoms with E-state index >= 15 is 0 Å². The maximum absolute atomic E-state index is 5.40. The van der Waals surface area contributed by atoms with Crippen LogP contribution < -0.4 is 0 Å². The summed E-state index contributed by atoms with van der Waals surface area (Å²) in [5, 5.41) is 0. The van der Waals surface area contributed by atoms with Crippen LogP contribution in [0.2, 0.25) is 0 Å². The minimum Gasteiger partial charge on any atom is -0.343 e. The van der Waals surface area contributed by atoms with Crippen molar-refractivity contribution in [2.75, 3.05) is 5.75 Å². The molecule has 1 aliphatic carbocycles. The molecule has 0 bridgehead atoms. The molecule has 0 saturated heterocycles. The van der Waals surface area contributed by atoms with Gasteiger partial charge in [0.1, 0.15) is 10.5 Å². The SMILES string of the molecule is CCSc1ccc(-c2nc(=S)c3c([nH]2)CCC3)cc1. The molecule has 98 valence electrons. The van der Waals surface area contributed by atoms with Crippen LogP contribution in [-0.4, -0.2) is 15.7 Å². The van der Waals surface area contributed by atoms with Crippen molar-refractivity contribution in [3.63, 3.8) is 0 Å². The molecule has 19 heavy (non-hydrogen) atoms. The average molecular weight is 288 g/mol. The number of aryl methyl sites for hydroxylation is 1. The number of fused-ring (bicyclic) bond motifs is 1. The fourth-order valence-corrected chi connectivity index (χ4v) is 3.45. The minimum atomic E-state index is 0.772. The van der Waals surface area contributed by atoms with Crippen LogP contribution in [0.15, 0.2) is 29.2 Å². The van der Waals surface area contributed by atoms with E-state index in [2.05, 4.69) is 41.2 Å². The Morgan fingerprint density at radius 1 is 1.26 bits per heavy atom. The summed E-state index contributed by atoms with van der Waals surface area (Å²) in [5.74, 6) is 2.00. The summed E-state index contributed by atoms with van der Waals surface area (Å²) in [4.78, 5) is 9.29. The first-order valence-electron chi connectivity index (χ1n) is 6.63. The van der Waals surface area contributed by atoms with Gasteiger partial charge in [0.25, 0.3) is 0 Å². The third-order valence-electron chi connectivity index (χ3n) is 3.40. The Morgan fingerprint density at radius 2 is 2.05 bits per heavy atom. The molecule has 2 aromatic rings. The predicted octanol–water partition coefficient (Wildman–Crippen LogP) is 4.41. The van der Waals surface area contributed by atoms with E-state index in [-0.39, 0.29) is 0 Å². The maximum Gasteiger partial charge on any atom is 0.139 e. The Balaban J connectivity index is 1.98. The number of rotatable bonds is 3. The molecular formula is C15H16N2S2. The first-order valence-corrected chi connectivity index (χ1v) is 8.02. The van der Waals surface area contributed by atoms with Gasteiger partial charge in [0.2, 0.25) is 0 Å². The highest BCUT2D eigenvalue weighted by molar-refractivity contribution is 7.99. The second-order valence-corrected chi connectivity index (χ2v) is 6.38. The van der Waals surface area contributed by atoms with E-state index in [1.807, 2.05) is 11.8 Å². The fraction of sp³-hybridized carbons (Fsp3) is 0.333. The monoisotopic (exact) mass is 288 g/mol. The van der Waals surface area contributed by atoms with Gasteiger partial charge in [0.15, 0.2) is 0 Å². The van der Waals surface area contributed by atoms with Gasteiger partial charge in [-0.2, -0.15) is 0 Å². The minimum absolute atomic E-state index is 0.772. The van der Waals surface area contributed by atoms with Crippen molar-refractivity contribution in [3.8, 4) is 11.4 Å². The topological polar surface area (TPSA) is 28.7 Å². The molecule has 1 aliphatic rings. The molecular weight excluding hydrogens is 272 g/mol. The quantitative estimate of drug-likeness (QED) is 0.670. The van der Waals surface area contributed by atoms with Crippen LogP contribution in [0, 0.1) is 4.64 Å². The summed E-state index contributed by atoms with van der Waals surface area (Å²) in [6, 6.07) is 8.53. The van der Waals surface area contributed by atoms with E-state index < -0.39 is 0 Å². The van der Waals surface area contributed by atoms with Gasteiger partial charge in [-0.15, -0.1) is 11.8 Å². The Morgan fingerprint density at radius 3 is 2.79 bits per heavy atom. The standard InChI is InChI=1S/C15H16N2S2/c1-2-19-11-8-6-10(7-9-11)14-16-13-5-3-4-12(13)15(18)17-14/h6-9H,2-5H2,1H3,(H,16,17,18). The number of aromatic nitrogens is 2. The summed E-state index contributed by atoms with van der Waals surface area (Å²) in [5.41, 5.74) is 3.64. The van der Waals surface area contributed by atoms with E-state index in [4.69, 9.17) is 12.2 Å². The summed E-state index contributed by atoms with van der Waals surface area (Å²) >= 11 is 7.25. The Bertz CT molecular complexity index is 644. The molecule has 1 aromatic heterocycles. The van der Waals surface area contributed by atoms with Gasteiger partial charge in [-0.1, -0.05) is 31.3 Å². The number of nitrogens with zero attached hydrogens (tertiary/aromatic N) is 1. The number of H-pyrrole nitrogens is 1. The van der Waals surface area contributed by atoms with Gasteiger partial charge in [-0.05, 0) is 37.1 Å². The van der Waals surface area contributed by atoms with Gasteiger partial charge in [-0.3, -0.25) is 0 Å². The molecule has 0 saturated carbocycles. The molecule has 1 heterocycles. The smallest absolute Gasteiger partial charge is 0.139 e. The second-order valence-electron chi connectivity index (χ2n) is 4.66. The Labute approximate surface area is 122 Å². The van der Waals surface area contributed by atoms with Gasteiger partial charge >= 0.3 is 0 Å². The lowest BCUT2D eigenvalue weighted by atomic mass is 10.2. The predicted molar refractivity (Wildman–Crippen MR) is 83.3 cm³/mol. The first-order chi connectivity index (χ1) is 9.28. The first kappa shape index (κ1) is 12.9.